The fraction of sp³-hybridized carbons (Fsp3) is 0.156. The molecule has 1 fully saturated rings. The second-order valence-electron chi connectivity index (χ2n) is 13.1. The molecular formula is C45H38N6S2. The normalized spacial score (nSPS) is 15.7. The second kappa shape index (κ2) is 16.0. The summed E-state index contributed by atoms with van der Waals surface area (Å²) < 4.78 is 0. The number of hydrogen-bond acceptors (Lipinski definition) is 8. The van der Waals surface area contributed by atoms with Crippen molar-refractivity contribution < 1.29 is 0 Å². The average molecular weight is 727 g/mol. The van der Waals surface area contributed by atoms with Crippen molar-refractivity contribution in [2.24, 2.45) is 0 Å². The summed E-state index contributed by atoms with van der Waals surface area (Å²) in [4.78, 5) is 31.5. The van der Waals surface area contributed by atoms with Gasteiger partial charge in [-0.15, -0.1) is 11.3 Å². The topological polar surface area (TPSA) is 77.3 Å². The quantitative estimate of drug-likeness (QED) is 0.130. The van der Waals surface area contributed by atoms with Gasteiger partial charge in [0.25, 0.3) is 0 Å². The molecule has 2 aliphatic rings. The lowest BCUT2D eigenvalue weighted by Crippen LogP contribution is -2.26. The lowest BCUT2D eigenvalue weighted by Gasteiger charge is -2.35. The summed E-state index contributed by atoms with van der Waals surface area (Å²) in [7, 11) is 0. The Morgan fingerprint density at radius 2 is 1.26 bits per heavy atom. The molecule has 0 spiro atoms. The van der Waals surface area contributed by atoms with Crippen LogP contribution in [0.4, 0.5) is 0 Å². The highest BCUT2D eigenvalue weighted by Gasteiger charge is 2.31. The Balaban J connectivity index is 1.12. The zero-order chi connectivity index (χ0) is 35.9. The van der Waals surface area contributed by atoms with Crippen LogP contribution in [0.1, 0.15) is 55.7 Å². The molecule has 0 amide bonds. The van der Waals surface area contributed by atoms with E-state index in [2.05, 4.69) is 78.1 Å². The molecule has 8 rings (SSSR count). The van der Waals surface area contributed by atoms with Gasteiger partial charge in [-0.2, -0.15) is 0 Å². The van der Waals surface area contributed by atoms with Crippen molar-refractivity contribution in [2.45, 2.75) is 43.9 Å². The average Bonchev–Trinajstić information content (AvgIpc) is 3.79. The summed E-state index contributed by atoms with van der Waals surface area (Å²) in [6.45, 7) is 4.16. The van der Waals surface area contributed by atoms with Gasteiger partial charge in [-0.3, -0.25) is 0 Å². The van der Waals surface area contributed by atoms with E-state index < -0.39 is 0 Å². The van der Waals surface area contributed by atoms with Crippen molar-refractivity contribution in [3.8, 4) is 44.9 Å². The van der Waals surface area contributed by atoms with Crippen LogP contribution in [0.25, 0.3) is 55.3 Å². The SMILES string of the molecule is C=C/C(=C\C=C\C1(c2ccc(-c3nc(-c4ccccc4)nc(-c4cccs4)n3)cc2)CCCCC1)c1nc(C2=CCC=CS2)nc(-c2ccccc2)n1. The molecule has 1 saturated carbocycles. The zero-order valence-corrected chi connectivity index (χ0v) is 30.9. The number of nitrogens with zero attached hydrogens (tertiary/aromatic N) is 6. The van der Waals surface area contributed by atoms with Gasteiger partial charge in [0.15, 0.2) is 34.9 Å². The van der Waals surface area contributed by atoms with Crippen LogP contribution in [0.2, 0.25) is 0 Å². The molecule has 0 atom stereocenters. The zero-order valence-electron chi connectivity index (χ0n) is 29.3. The second-order valence-corrected chi connectivity index (χ2v) is 15.0. The molecule has 6 aromatic rings. The predicted octanol–water partition coefficient (Wildman–Crippen LogP) is 11.8. The Hall–Kier alpha value is -5.57. The fourth-order valence-corrected chi connectivity index (χ4v) is 8.27. The highest BCUT2D eigenvalue weighted by Crippen LogP contribution is 2.42. The molecule has 0 bridgehead atoms. The molecule has 3 aromatic heterocycles. The Morgan fingerprint density at radius 1 is 0.642 bits per heavy atom. The van der Waals surface area contributed by atoms with Crippen LogP contribution in [0.15, 0.2) is 151 Å². The number of benzene rings is 3. The van der Waals surface area contributed by atoms with E-state index in [9.17, 15) is 0 Å². The summed E-state index contributed by atoms with van der Waals surface area (Å²) in [6, 6.07) is 33.1. The summed E-state index contributed by atoms with van der Waals surface area (Å²) in [5.41, 5.74) is 4.95. The molecule has 0 saturated heterocycles. The van der Waals surface area contributed by atoms with Crippen molar-refractivity contribution in [1.29, 1.82) is 0 Å². The fourth-order valence-electron chi connectivity index (χ4n) is 6.87. The molecule has 0 radical (unpaired) electrons. The number of thioether (sulfide) groups is 1. The van der Waals surface area contributed by atoms with E-state index in [4.69, 9.17) is 29.9 Å². The third-order valence-corrected chi connectivity index (χ3v) is 11.5. The van der Waals surface area contributed by atoms with Crippen LogP contribution < -0.4 is 0 Å². The maximum Gasteiger partial charge on any atom is 0.174 e. The summed E-state index contributed by atoms with van der Waals surface area (Å²) in [5.74, 6) is 3.98. The van der Waals surface area contributed by atoms with Crippen LogP contribution >= 0.6 is 23.1 Å². The molecule has 53 heavy (non-hydrogen) atoms. The minimum Gasteiger partial charge on any atom is -0.208 e. The van der Waals surface area contributed by atoms with Gasteiger partial charge < -0.3 is 0 Å². The first-order valence-electron chi connectivity index (χ1n) is 18.0. The molecule has 3 aromatic carbocycles. The van der Waals surface area contributed by atoms with Gasteiger partial charge in [0.2, 0.25) is 0 Å². The maximum absolute atomic E-state index is 4.95. The number of rotatable bonds is 10. The Labute approximate surface area is 319 Å². The smallest absolute Gasteiger partial charge is 0.174 e. The molecule has 4 heterocycles. The third kappa shape index (κ3) is 7.80. The van der Waals surface area contributed by atoms with E-state index in [0.717, 1.165) is 51.3 Å². The molecule has 1 aliphatic carbocycles. The standard InChI is InChI=1S/C45H38N6S2/c1-2-32(39-46-40(33-16-6-3-7-17-33)49-43(48-39)37-21-10-13-30-52-37)20-14-29-45(27-11-5-12-28-45)36-25-23-35(24-26-36)42-47-41(34-18-8-4-9-19-34)50-44(51-42)38-22-15-31-53-38/h2-4,6-9,13-26,29-31H,1,5,10-12,27-28H2/b29-14+,32-20+. The molecular weight excluding hydrogens is 689 g/mol. The molecule has 6 nitrogen and oxygen atoms in total. The minimum atomic E-state index is -0.0919. The summed E-state index contributed by atoms with van der Waals surface area (Å²) in [6.07, 6.45) is 19.4. The van der Waals surface area contributed by atoms with Gasteiger partial charge in [-0.1, -0.05) is 165 Å². The van der Waals surface area contributed by atoms with Gasteiger partial charge in [0.05, 0.1) is 9.78 Å². The van der Waals surface area contributed by atoms with Gasteiger partial charge in [0, 0.05) is 27.7 Å². The van der Waals surface area contributed by atoms with Crippen molar-refractivity contribution in [1.82, 2.24) is 29.9 Å². The predicted molar refractivity (Wildman–Crippen MR) is 221 cm³/mol. The summed E-state index contributed by atoms with van der Waals surface area (Å²) >= 11 is 3.27. The Morgan fingerprint density at radius 3 is 1.89 bits per heavy atom. The maximum atomic E-state index is 4.95. The van der Waals surface area contributed by atoms with Gasteiger partial charge in [-0.05, 0) is 41.7 Å². The number of allylic oxidation sites excluding steroid dienone is 7. The molecule has 0 N–H and O–H groups in total. The lowest BCUT2D eigenvalue weighted by atomic mass is 9.69. The molecule has 1 aliphatic heterocycles. The third-order valence-electron chi connectivity index (χ3n) is 9.66. The lowest BCUT2D eigenvalue weighted by molar-refractivity contribution is 0.357. The first-order chi connectivity index (χ1) is 26.2. The molecule has 0 unspecified atom stereocenters. The number of aromatic nitrogens is 6. The van der Waals surface area contributed by atoms with Crippen molar-refractivity contribution >= 4 is 33.6 Å². The van der Waals surface area contributed by atoms with Crippen molar-refractivity contribution in [3.05, 3.63) is 168 Å². The van der Waals surface area contributed by atoms with Crippen LogP contribution in [-0.2, 0) is 5.41 Å². The molecule has 260 valence electrons. The summed E-state index contributed by atoms with van der Waals surface area (Å²) in [5, 5.41) is 4.15. The first-order valence-corrected chi connectivity index (χ1v) is 19.8. The van der Waals surface area contributed by atoms with Crippen molar-refractivity contribution in [2.75, 3.05) is 0 Å². The monoisotopic (exact) mass is 726 g/mol. The number of hydrogen-bond donors (Lipinski definition) is 0. The van der Waals surface area contributed by atoms with Gasteiger partial charge >= 0.3 is 0 Å². The number of thiophene rings is 1. The van der Waals surface area contributed by atoms with Crippen LogP contribution in [-0.4, -0.2) is 29.9 Å². The van der Waals surface area contributed by atoms with E-state index in [-0.39, 0.29) is 5.41 Å². The van der Waals surface area contributed by atoms with Gasteiger partial charge in [-0.25, -0.2) is 29.9 Å². The minimum absolute atomic E-state index is 0.0919. The van der Waals surface area contributed by atoms with E-state index >= 15 is 0 Å². The van der Waals surface area contributed by atoms with E-state index in [1.807, 2.05) is 72.8 Å². The largest absolute Gasteiger partial charge is 0.208 e. The van der Waals surface area contributed by atoms with E-state index in [0.29, 0.717) is 34.9 Å². The first kappa shape index (κ1) is 34.5. The van der Waals surface area contributed by atoms with Gasteiger partial charge in [0.1, 0.15) is 0 Å². The van der Waals surface area contributed by atoms with E-state index in [1.165, 1.54) is 24.8 Å². The Kier molecular flexibility index (Phi) is 10.4. The van der Waals surface area contributed by atoms with Crippen LogP contribution in [0.5, 0.6) is 0 Å². The Bertz CT molecular complexity index is 2320. The highest BCUT2D eigenvalue weighted by atomic mass is 32.2. The van der Waals surface area contributed by atoms with Crippen LogP contribution in [0.3, 0.4) is 0 Å². The highest BCUT2D eigenvalue weighted by molar-refractivity contribution is 8.10. The van der Waals surface area contributed by atoms with Crippen molar-refractivity contribution in [3.63, 3.8) is 0 Å². The van der Waals surface area contributed by atoms with Crippen LogP contribution in [0, 0.1) is 0 Å². The van der Waals surface area contributed by atoms with E-state index in [1.54, 1.807) is 23.1 Å². The molecule has 8 heteroatoms.